The van der Waals surface area contributed by atoms with Gasteiger partial charge in [0.05, 0.1) is 19.1 Å². The van der Waals surface area contributed by atoms with Gasteiger partial charge in [0.2, 0.25) is 0 Å². The van der Waals surface area contributed by atoms with Crippen LogP contribution in [0.2, 0.25) is 0 Å². The minimum Gasteiger partial charge on any atom is -0.504 e. The van der Waals surface area contributed by atoms with Gasteiger partial charge in [0.25, 0.3) is 0 Å². The Morgan fingerprint density at radius 1 is 1.26 bits per heavy atom. The lowest BCUT2D eigenvalue weighted by atomic mass is 10.1. The van der Waals surface area contributed by atoms with E-state index in [9.17, 15) is 15.0 Å². The van der Waals surface area contributed by atoms with Crippen molar-refractivity contribution in [2.24, 2.45) is 0 Å². The van der Waals surface area contributed by atoms with Crippen molar-refractivity contribution in [2.75, 3.05) is 13.6 Å². The number of aromatic hydroxyl groups is 2. The van der Waals surface area contributed by atoms with Crippen LogP contribution in [-0.4, -0.2) is 34.5 Å². The predicted molar refractivity (Wildman–Crippen MR) is 69.1 cm³/mol. The van der Waals surface area contributed by atoms with E-state index in [0.29, 0.717) is 12.1 Å². The highest BCUT2D eigenvalue weighted by atomic mass is 16.3. The number of rotatable bonds is 5. The molecular formula is C14H15NO4. The van der Waals surface area contributed by atoms with Crippen LogP contribution in [0.15, 0.2) is 41.2 Å². The lowest BCUT2D eigenvalue weighted by Gasteiger charge is -2.14. The maximum Gasteiger partial charge on any atom is 0.176 e. The molecule has 100 valence electrons. The normalized spacial score (nSPS) is 10.8. The summed E-state index contributed by atoms with van der Waals surface area (Å²) < 4.78 is 4.96. The van der Waals surface area contributed by atoms with E-state index >= 15 is 0 Å². The number of benzene rings is 1. The number of carbonyl (C=O) groups is 1. The molecule has 0 aliphatic heterocycles. The Balaban J connectivity index is 1.98. The maximum atomic E-state index is 12.0. The molecule has 1 aromatic heterocycles. The molecule has 2 aromatic rings. The number of hydrogen-bond donors (Lipinski definition) is 2. The molecule has 0 aliphatic rings. The van der Waals surface area contributed by atoms with Crippen LogP contribution in [0.3, 0.4) is 0 Å². The number of furan rings is 1. The summed E-state index contributed by atoms with van der Waals surface area (Å²) >= 11 is 0. The predicted octanol–water partition coefficient (Wildman–Crippen LogP) is 2.01. The van der Waals surface area contributed by atoms with Crippen molar-refractivity contribution in [3.8, 4) is 11.5 Å². The molecule has 0 saturated carbocycles. The number of phenolic OH excluding ortho intramolecular Hbond substituents is 2. The zero-order valence-electron chi connectivity index (χ0n) is 10.5. The van der Waals surface area contributed by atoms with E-state index < -0.39 is 0 Å². The molecule has 0 atom stereocenters. The van der Waals surface area contributed by atoms with Gasteiger partial charge in [0.15, 0.2) is 17.3 Å². The molecule has 5 nitrogen and oxygen atoms in total. The largest absolute Gasteiger partial charge is 0.504 e. The smallest absolute Gasteiger partial charge is 0.176 e. The average molecular weight is 261 g/mol. The van der Waals surface area contributed by atoms with Crippen LogP contribution in [0.4, 0.5) is 0 Å². The van der Waals surface area contributed by atoms with Gasteiger partial charge in [-0.25, -0.2) is 0 Å². The quantitative estimate of drug-likeness (QED) is 0.636. The molecule has 0 aliphatic carbocycles. The number of Topliss-reactive ketones (excluding diaryl/α,β-unsaturated/α-hetero) is 1. The van der Waals surface area contributed by atoms with Crippen LogP contribution >= 0.6 is 0 Å². The molecule has 5 heteroatoms. The topological polar surface area (TPSA) is 73.9 Å². The van der Waals surface area contributed by atoms with Gasteiger partial charge in [-0.3, -0.25) is 9.69 Å². The Hall–Kier alpha value is -2.27. The molecule has 2 rings (SSSR count). The van der Waals surface area contributed by atoms with Crippen LogP contribution in [-0.2, 0) is 6.54 Å². The third-order valence-electron chi connectivity index (χ3n) is 2.74. The van der Waals surface area contributed by atoms with E-state index in [1.807, 2.05) is 18.0 Å². The Labute approximate surface area is 110 Å². The van der Waals surface area contributed by atoms with Gasteiger partial charge in [0.1, 0.15) is 0 Å². The summed E-state index contributed by atoms with van der Waals surface area (Å²) in [5.74, 6) is -0.645. The van der Waals surface area contributed by atoms with Gasteiger partial charge >= 0.3 is 0 Å². The van der Waals surface area contributed by atoms with Gasteiger partial charge in [-0.05, 0) is 31.3 Å². The third kappa shape index (κ3) is 3.35. The van der Waals surface area contributed by atoms with E-state index in [0.717, 1.165) is 5.56 Å². The first kappa shape index (κ1) is 13.2. The van der Waals surface area contributed by atoms with Crippen molar-refractivity contribution in [3.63, 3.8) is 0 Å². The molecule has 2 N–H and O–H groups in total. The highest BCUT2D eigenvalue weighted by Crippen LogP contribution is 2.25. The number of carbonyl (C=O) groups excluding carboxylic acids is 1. The molecule has 0 unspecified atom stereocenters. The standard InChI is InChI=1S/C14H15NO4/c1-15(7-10-4-5-19-9-10)8-14(18)11-2-3-12(16)13(17)6-11/h2-6,9,16-17H,7-8H2,1H3. The number of likely N-dealkylation sites (N-methyl/N-ethyl adjacent to an activating group) is 1. The summed E-state index contributed by atoms with van der Waals surface area (Å²) in [5, 5.41) is 18.6. The number of nitrogens with zero attached hydrogens (tertiary/aromatic N) is 1. The van der Waals surface area contributed by atoms with Crippen LogP contribution in [0, 0.1) is 0 Å². The van der Waals surface area contributed by atoms with Gasteiger partial charge in [-0.15, -0.1) is 0 Å². The first-order valence-electron chi connectivity index (χ1n) is 5.81. The second-order valence-corrected chi connectivity index (χ2v) is 4.43. The summed E-state index contributed by atoms with van der Waals surface area (Å²) in [5.41, 5.74) is 1.36. The van der Waals surface area contributed by atoms with Crippen molar-refractivity contribution < 1.29 is 19.4 Å². The van der Waals surface area contributed by atoms with Crippen LogP contribution in [0.1, 0.15) is 15.9 Å². The minimum absolute atomic E-state index is 0.124. The molecule has 0 bridgehead atoms. The van der Waals surface area contributed by atoms with Crippen LogP contribution in [0.5, 0.6) is 11.5 Å². The highest BCUT2D eigenvalue weighted by molar-refractivity contribution is 5.98. The lowest BCUT2D eigenvalue weighted by Crippen LogP contribution is -2.25. The molecule has 1 aromatic carbocycles. The highest BCUT2D eigenvalue weighted by Gasteiger charge is 2.12. The van der Waals surface area contributed by atoms with Gasteiger partial charge in [-0.1, -0.05) is 0 Å². The van der Waals surface area contributed by atoms with E-state index in [-0.39, 0.29) is 23.8 Å². The molecule has 19 heavy (non-hydrogen) atoms. The maximum absolute atomic E-state index is 12.0. The van der Waals surface area contributed by atoms with E-state index in [2.05, 4.69) is 0 Å². The molecule has 0 radical (unpaired) electrons. The second kappa shape index (κ2) is 5.58. The molecule has 0 saturated heterocycles. The summed E-state index contributed by atoms with van der Waals surface area (Å²) in [7, 11) is 1.82. The molecule has 0 spiro atoms. The Morgan fingerprint density at radius 3 is 2.68 bits per heavy atom. The van der Waals surface area contributed by atoms with Gasteiger partial charge in [0, 0.05) is 17.7 Å². The Kier molecular flexibility index (Phi) is 3.87. The van der Waals surface area contributed by atoms with Crippen molar-refractivity contribution in [3.05, 3.63) is 47.9 Å². The fourth-order valence-corrected chi connectivity index (χ4v) is 1.78. The van der Waals surface area contributed by atoms with Crippen molar-refractivity contribution >= 4 is 5.78 Å². The van der Waals surface area contributed by atoms with E-state index in [1.54, 1.807) is 12.5 Å². The van der Waals surface area contributed by atoms with E-state index in [4.69, 9.17) is 4.42 Å². The van der Waals surface area contributed by atoms with E-state index in [1.165, 1.54) is 18.2 Å². The summed E-state index contributed by atoms with van der Waals surface area (Å²) in [6.07, 6.45) is 3.22. The Morgan fingerprint density at radius 2 is 2.05 bits per heavy atom. The first-order valence-corrected chi connectivity index (χ1v) is 5.81. The Bertz CT molecular complexity index is 563. The number of ketones is 1. The van der Waals surface area contributed by atoms with Crippen molar-refractivity contribution in [1.82, 2.24) is 4.90 Å². The minimum atomic E-state index is -0.289. The molecular weight excluding hydrogens is 246 g/mol. The summed E-state index contributed by atoms with van der Waals surface area (Å²) in [6, 6.07) is 5.90. The average Bonchev–Trinajstić information content (AvgIpc) is 2.85. The third-order valence-corrected chi connectivity index (χ3v) is 2.74. The zero-order valence-corrected chi connectivity index (χ0v) is 10.5. The first-order chi connectivity index (χ1) is 9.06. The SMILES string of the molecule is CN(CC(=O)c1ccc(O)c(O)c1)Cc1ccoc1. The molecule has 0 fully saturated rings. The number of hydrogen-bond acceptors (Lipinski definition) is 5. The van der Waals surface area contributed by atoms with Crippen molar-refractivity contribution in [2.45, 2.75) is 6.54 Å². The molecule has 0 amide bonds. The molecule has 1 heterocycles. The van der Waals surface area contributed by atoms with Crippen LogP contribution < -0.4 is 0 Å². The van der Waals surface area contributed by atoms with Crippen molar-refractivity contribution in [1.29, 1.82) is 0 Å². The lowest BCUT2D eigenvalue weighted by molar-refractivity contribution is 0.0942. The zero-order chi connectivity index (χ0) is 13.8. The monoisotopic (exact) mass is 261 g/mol. The fraction of sp³-hybridized carbons (Fsp3) is 0.214. The van der Waals surface area contributed by atoms with Gasteiger partial charge < -0.3 is 14.6 Å². The van der Waals surface area contributed by atoms with Gasteiger partial charge in [-0.2, -0.15) is 0 Å². The summed E-state index contributed by atoms with van der Waals surface area (Å²) in [6.45, 7) is 0.821. The fourth-order valence-electron chi connectivity index (χ4n) is 1.78. The summed E-state index contributed by atoms with van der Waals surface area (Å²) in [4.78, 5) is 13.8. The number of phenols is 2. The van der Waals surface area contributed by atoms with Crippen LogP contribution in [0.25, 0.3) is 0 Å². The second-order valence-electron chi connectivity index (χ2n) is 4.43.